The van der Waals surface area contributed by atoms with Crippen LogP contribution in [0.2, 0.25) is 0 Å². The highest BCUT2D eigenvalue weighted by molar-refractivity contribution is 6.04. The van der Waals surface area contributed by atoms with Crippen LogP contribution in [0.15, 0.2) is 12.1 Å². The van der Waals surface area contributed by atoms with Crippen molar-refractivity contribution in [2.75, 3.05) is 0 Å². The predicted octanol–water partition coefficient (Wildman–Crippen LogP) is 1.43. The van der Waals surface area contributed by atoms with Crippen LogP contribution >= 0.6 is 0 Å². The Morgan fingerprint density at radius 2 is 2.07 bits per heavy atom. The molecule has 0 aliphatic heterocycles. The molecule has 0 fully saturated rings. The molecule has 1 aromatic carbocycles. The number of aromatic hydroxyl groups is 1. The maximum atomic E-state index is 11.3. The van der Waals surface area contributed by atoms with E-state index in [1.165, 1.54) is 6.07 Å². The number of phenolic OH excluding ortho intramolecular Hbond substituents is 1. The lowest BCUT2D eigenvalue weighted by Gasteiger charge is -2.00. The number of carbonyl (C=O) groups is 1. The standard InChI is InChI=1S/C9H7NO4/c11-6-3-5-1-2-8(12)9(5)7(4-6)10(13)14/h3-4,11H,1-2H2. The molecule has 1 aliphatic carbocycles. The average molecular weight is 193 g/mol. The van der Waals surface area contributed by atoms with Crippen molar-refractivity contribution in [1.82, 2.24) is 0 Å². The molecule has 1 aromatic rings. The molecular formula is C9H7NO4. The second-order valence-electron chi connectivity index (χ2n) is 3.18. The van der Waals surface area contributed by atoms with Crippen LogP contribution in [-0.4, -0.2) is 15.8 Å². The topological polar surface area (TPSA) is 80.4 Å². The van der Waals surface area contributed by atoms with E-state index in [0.717, 1.165) is 6.07 Å². The zero-order valence-electron chi connectivity index (χ0n) is 7.19. The lowest BCUT2D eigenvalue weighted by molar-refractivity contribution is -0.385. The molecule has 1 aliphatic rings. The largest absolute Gasteiger partial charge is 0.508 e. The van der Waals surface area contributed by atoms with Crippen LogP contribution in [-0.2, 0) is 6.42 Å². The first-order valence-electron chi connectivity index (χ1n) is 4.13. The predicted molar refractivity (Wildman–Crippen MR) is 47.4 cm³/mol. The monoisotopic (exact) mass is 193 g/mol. The third kappa shape index (κ3) is 1.14. The fourth-order valence-corrected chi connectivity index (χ4v) is 1.71. The molecule has 14 heavy (non-hydrogen) atoms. The van der Waals surface area contributed by atoms with Gasteiger partial charge in [-0.2, -0.15) is 0 Å². The van der Waals surface area contributed by atoms with Gasteiger partial charge < -0.3 is 5.11 Å². The number of phenols is 1. The smallest absolute Gasteiger partial charge is 0.284 e. The number of hydrogen-bond donors (Lipinski definition) is 1. The molecule has 0 saturated carbocycles. The minimum atomic E-state index is -0.637. The van der Waals surface area contributed by atoms with Crippen molar-refractivity contribution in [3.05, 3.63) is 33.4 Å². The van der Waals surface area contributed by atoms with E-state index in [2.05, 4.69) is 0 Å². The first-order chi connectivity index (χ1) is 6.59. The van der Waals surface area contributed by atoms with Crippen LogP contribution in [0.4, 0.5) is 5.69 Å². The van der Waals surface area contributed by atoms with Crippen LogP contribution in [0.5, 0.6) is 5.75 Å². The van der Waals surface area contributed by atoms with Crippen LogP contribution in [0.1, 0.15) is 22.3 Å². The molecule has 0 amide bonds. The van der Waals surface area contributed by atoms with Gasteiger partial charge in [-0.1, -0.05) is 0 Å². The van der Waals surface area contributed by atoms with Gasteiger partial charge in [0.2, 0.25) is 0 Å². The molecule has 2 rings (SSSR count). The maximum Gasteiger partial charge on any atom is 0.284 e. The number of Topliss-reactive ketones (excluding diaryl/α,β-unsaturated/α-hetero) is 1. The van der Waals surface area contributed by atoms with E-state index in [0.29, 0.717) is 18.4 Å². The molecule has 0 saturated heterocycles. The zero-order valence-corrected chi connectivity index (χ0v) is 7.19. The molecule has 0 unspecified atom stereocenters. The van der Waals surface area contributed by atoms with Gasteiger partial charge in [0.15, 0.2) is 5.78 Å². The van der Waals surface area contributed by atoms with Crippen molar-refractivity contribution in [3.63, 3.8) is 0 Å². The van der Waals surface area contributed by atoms with Crippen molar-refractivity contribution in [2.45, 2.75) is 12.8 Å². The summed E-state index contributed by atoms with van der Waals surface area (Å²) in [5, 5.41) is 19.8. The summed E-state index contributed by atoms with van der Waals surface area (Å²) in [5.41, 5.74) is 0.442. The molecule has 0 heterocycles. The van der Waals surface area contributed by atoms with Gasteiger partial charge in [0.1, 0.15) is 5.75 Å². The van der Waals surface area contributed by atoms with Gasteiger partial charge in [0, 0.05) is 6.42 Å². The number of nitro groups is 1. The van der Waals surface area contributed by atoms with Crippen molar-refractivity contribution >= 4 is 11.5 Å². The van der Waals surface area contributed by atoms with Gasteiger partial charge in [0.25, 0.3) is 5.69 Å². The zero-order chi connectivity index (χ0) is 10.3. The summed E-state index contributed by atoms with van der Waals surface area (Å²) < 4.78 is 0. The summed E-state index contributed by atoms with van der Waals surface area (Å²) in [6.07, 6.45) is 0.767. The number of fused-ring (bicyclic) bond motifs is 1. The van der Waals surface area contributed by atoms with E-state index in [-0.39, 0.29) is 22.8 Å². The third-order valence-electron chi connectivity index (χ3n) is 2.28. The van der Waals surface area contributed by atoms with Gasteiger partial charge in [0.05, 0.1) is 16.6 Å². The van der Waals surface area contributed by atoms with Crippen molar-refractivity contribution < 1.29 is 14.8 Å². The van der Waals surface area contributed by atoms with Gasteiger partial charge in [-0.05, 0) is 18.1 Å². The Bertz CT molecular complexity index is 439. The highest BCUT2D eigenvalue weighted by Crippen LogP contribution is 2.33. The molecule has 0 atom stereocenters. The number of rotatable bonds is 1. The number of nitrogens with zero attached hydrogens (tertiary/aromatic N) is 1. The van der Waals surface area contributed by atoms with Gasteiger partial charge >= 0.3 is 0 Å². The van der Waals surface area contributed by atoms with Crippen LogP contribution in [0, 0.1) is 10.1 Å². The fourth-order valence-electron chi connectivity index (χ4n) is 1.71. The second kappa shape index (κ2) is 2.80. The molecular weight excluding hydrogens is 186 g/mol. The lowest BCUT2D eigenvalue weighted by Crippen LogP contribution is -1.99. The maximum absolute atomic E-state index is 11.3. The van der Waals surface area contributed by atoms with E-state index in [1.807, 2.05) is 0 Å². The molecule has 0 bridgehead atoms. The number of benzene rings is 1. The highest BCUT2D eigenvalue weighted by Gasteiger charge is 2.29. The lowest BCUT2D eigenvalue weighted by atomic mass is 10.1. The normalized spacial score (nSPS) is 14.1. The minimum Gasteiger partial charge on any atom is -0.508 e. The Hall–Kier alpha value is -1.91. The Kier molecular flexibility index (Phi) is 1.73. The molecule has 72 valence electrons. The molecule has 1 N–H and O–H groups in total. The fraction of sp³-hybridized carbons (Fsp3) is 0.222. The number of aryl methyl sites for hydroxylation is 1. The van der Waals surface area contributed by atoms with E-state index in [1.54, 1.807) is 0 Å². The van der Waals surface area contributed by atoms with Crippen molar-refractivity contribution in [3.8, 4) is 5.75 Å². The summed E-state index contributed by atoms with van der Waals surface area (Å²) >= 11 is 0. The highest BCUT2D eigenvalue weighted by atomic mass is 16.6. The van der Waals surface area contributed by atoms with E-state index in [9.17, 15) is 20.0 Å². The summed E-state index contributed by atoms with van der Waals surface area (Å²) in [6.45, 7) is 0. The Morgan fingerprint density at radius 1 is 1.36 bits per heavy atom. The van der Waals surface area contributed by atoms with Crippen LogP contribution in [0.3, 0.4) is 0 Å². The van der Waals surface area contributed by atoms with E-state index < -0.39 is 4.92 Å². The van der Waals surface area contributed by atoms with E-state index in [4.69, 9.17) is 0 Å². The van der Waals surface area contributed by atoms with Gasteiger partial charge in [-0.15, -0.1) is 0 Å². The van der Waals surface area contributed by atoms with Crippen LogP contribution in [0.25, 0.3) is 0 Å². The van der Waals surface area contributed by atoms with Gasteiger partial charge in [-0.3, -0.25) is 14.9 Å². The Morgan fingerprint density at radius 3 is 2.71 bits per heavy atom. The first kappa shape index (κ1) is 8.68. The van der Waals surface area contributed by atoms with Crippen LogP contribution < -0.4 is 0 Å². The van der Waals surface area contributed by atoms with E-state index >= 15 is 0 Å². The number of carbonyl (C=O) groups excluding carboxylic acids is 1. The second-order valence-corrected chi connectivity index (χ2v) is 3.18. The third-order valence-corrected chi connectivity index (χ3v) is 2.28. The average Bonchev–Trinajstić information content (AvgIpc) is 2.46. The molecule has 0 aromatic heterocycles. The Labute approximate surface area is 79.1 Å². The number of hydrogen-bond acceptors (Lipinski definition) is 4. The minimum absolute atomic E-state index is 0.160. The number of ketones is 1. The van der Waals surface area contributed by atoms with Crippen molar-refractivity contribution in [1.29, 1.82) is 0 Å². The Balaban J connectivity index is 2.71. The summed E-state index contributed by atoms with van der Waals surface area (Å²) in [4.78, 5) is 21.3. The van der Waals surface area contributed by atoms with Gasteiger partial charge in [-0.25, -0.2) is 0 Å². The summed E-state index contributed by atoms with van der Waals surface area (Å²) in [7, 11) is 0. The SMILES string of the molecule is O=C1CCc2cc(O)cc([N+](=O)[O-])c21. The quantitative estimate of drug-likeness (QED) is 0.540. The molecule has 0 radical (unpaired) electrons. The van der Waals surface area contributed by atoms with Crippen molar-refractivity contribution in [2.24, 2.45) is 0 Å². The number of nitro benzene ring substituents is 1. The first-order valence-corrected chi connectivity index (χ1v) is 4.13. The molecule has 5 nitrogen and oxygen atoms in total. The summed E-state index contributed by atoms with van der Waals surface area (Å²) in [6, 6.07) is 2.43. The molecule has 5 heteroatoms. The summed E-state index contributed by atoms with van der Waals surface area (Å²) in [5.74, 6) is -0.378. The molecule has 0 spiro atoms.